The van der Waals surface area contributed by atoms with Gasteiger partial charge in [-0.15, -0.1) is 11.3 Å². The minimum absolute atomic E-state index is 0.101. The van der Waals surface area contributed by atoms with Crippen LogP contribution in [0.3, 0.4) is 0 Å². The van der Waals surface area contributed by atoms with E-state index in [1.807, 2.05) is 31.4 Å². The van der Waals surface area contributed by atoms with Crippen molar-refractivity contribution >= 4 is 17.2 Å². The van der Waals surface area contributed by atoms with E-state index in [1.165, 1.54) is 6.42 Å². The first-order valence-electron chi connectivity index (χ1n) is 8.23. The summed E-state index contributed by atoms with van der Waals surface area (Å²) in [5.41, 5.74) is -0.453. The van der Waals surface area contributed by atoms with Crippen LogP contribution < -0.4 is 5.32 Å². The van der Waals surface area contributed by atoms with Gasteiger partial charge in [0.2, 0.25) is 5.91 Å². The molecule has 1 atom stereocenters. The molecular weight excluding hydrogens is 296 g/mol. The van der Waals surface area contributed by atoms with Crippen molar-refractivity contribution in [2.75, 3.05) is 26.2 Å². The molecule has 5 heteroatoms. The van der Waals surface area contributed by atoms with Crippen molar-refractivity contribution in [1.82, 2.24) is 10.2 Å². The highest BCUT2D eigenvalue weighted by Crippen LogP contribution is 2.27. The summed E-state index contributed by atoms with van der Waals surface area (Å²) in [6, 6.07) is 4.36. The van der Waals surface area contributed by atoms with E-state index in [1.54, 1.807) is 11.3 Å². The maximum absolute atomic E-state index is 12.3. The summed E-state index contributed by atoms with van der Waals surface area (Å²) in [4.78, 5) is 15.8. The van der Waals surface area contributed by atoms with Gasteiger partial charge in [0.1, 0.15) is 0 Å². The lowest BCUT2D eigenvalue weighted by Gasteiger charge is -2.23. The zero-order chi connectivity index (χ0) is 16.0. The second-order valence-corrected chi connectivity index (χ2v) is 7.53. The standard InChI is InChI=1S/C17H28N2O2S/c1-17(2,15-8-6-12-22-15)16(21)18-9-3-4-10-19-11-5-7-14(19)13-20/h6,8,12,14,20H,3-5,7,9-11,13H2,1-2H3,(H,18,21). The normalized spacial score (nSPS) is 19.5. The molecule has 0 radical (unpaired) electrons. The Balaban J connectivity index is 1.65. The smallest absolute Gasteiger partial charge is 0.230 e. The van der Waals surface area contributed by atoms with Crippen LogP contribution in [0.1, 0.15) is 44.4 Å². The fourth-order valence-corrected chi connectivity index (χ4v) is 3.85. The predicted molar refractivity (Wildman–Crippen MR) is 91.3 cm³/mol. The number of amides is 1. The number of nitrogens with one attached hydrogen (secondary N) is 1. The van der Waals surface area contributed by atoms with Crippen molar-refractivity contribution in [3.05, 3.63) is 22.4 Å². The maximum Gasteiger partial charge on any atom is 0.230 e. The van der Waals surface area contributed by atoms with Gasteiger partial charge in [-0.3, -0.25) is 9.69 Å². The Kier molecular flexibility index (Phi) is 6.41. The molecule has 2 heterocycles. The van der Waals surface area contributed by atoms with Crippen LogP contribution >= 0.6 is 11.3 Å². The molecule has 1 aromatic heterocycles. The van der Waals surface area contributed by atoms with Crippen LogP contribution in [-0.4, -0.2) is 48.2 Å². The third-order valence-electron chi connectivity index (χ3n) is 4.57. The second-order valence-electron chi connectivity index (χ2n) is 6.58. The quantitative estimate of drug-likeness (QED) is 0.722. The molecule has 0 spiro atoms. The van der Waals surface area contributed by atoms with Gasteiger partial charge in [0.05, 0.1) is 12.0 Å². The van der Waals surface area contributed by atoms with Crippen LogP contribution in [0.2, 0.25) is 0 Å². The highest BCUT2D eigenvalue weighted by atomic mass is 32.1. The molecule has 0 bridgehead atoms. The highest BCUT2D eigenvalue weighted by molar-refractivity contribution is 7.10. The number of nitrogens with zero attached hydrogens (tertiary/aromatic N) is 1. The number of likely N-dealkylation sites (tertiary alicyclic amines) is 1. The molecule has 2 N–H and O–H groups in total. The van der Waals surface area contributed by atoms with Gasteiger partial charge < -0.3 is 10.4 Å². The Hall–Kier alpha value is -0.910. The molecule has 1 amide bonds. The molecule has 1 aliphatic rings. The first-order valence-corrected chi connectivity index (χ1v) is 9.11. The van der Waals surface area contributed by atoms with E-state index < -0.39 is 5.41 Å². The van der Waals surface area contributed by atoms with Gasteiger partial charge in [0.25, 0.3) is 0 Å². The van der Waals surface area contributed by atoms with E-state index in [9.17, 15) is 9.90 Å². The van der Waals surface area contributed by atoms with Crippen molar-refractivity contribution in [2.45, 2.75) is 51.0 Å². The largest absolute Gasteiger partial charge is 0.395 e. The number of hydrogen-bond donors (Lipinski definition) is 2. The summed E-state index contributed by atoms with van der Waals surface area (Å²) in [5, 5.41) is 14.4. The fourth-order valence-electron chi connectivity index (χ4n) is 3.01. The molecule has 1 unspecified atom stereocenters. The van der Waals surface area contributed by atoms with Gasteiger partial charge >= 0.3 is 0 Å². The summed E-state index contributed by atoms with van der Waals surface area (Å²) in [6.07, 6.45) is 4.36. The van der Waals surface area contributed by atoms with Crippen molar-refractivity contribution in [2.24, 2.45) is 0 Å². The predicted octanol–water partition coefficient (Wildman–Crippen LogP) is 2.38. The van der Waals surface area contributed by atoms with Crippen LogP contribution in [0, 0.1) is 0 Å². The zero-order valence-electron chi connectivity index (χ0n) is 13.7. The van der Waals surface area contributed by atoms with Gasteiger partial charge in [0, 0.05) is 17.5 Å². The van der Waals surface area contributed by atoms with Crippen LogP contribution in [0.25, 0.3) is 0 Å². The lowest BCUT2D eigenvalue weighted by atomic mass is 9.90. The number of rotatable bonds is 8. The molecule has 1 fully saturated rings. The minimum Gasteiger partial charge on any atom is -0.395 e. The Morgan fingerprint density at radius 2 is 2.32 bits per heavy atom. The van der Waals surface area contributed by atoms with Gasteiger partial charge in [0.15, 0.2) is 0 Å². The van der Waals surface area contributed by atoms with E-state index in [4.69, 9.17) is 0 Å². The van der Waals surface area contributed by atoms with E-state index >= 15 is 0 Å². The van der Waals surface area contributed by atoms with Gasteiger partial charge in [-0.1, -0.05) is 6.07 Å². The number of unbranched alkanes of at least 4 members (excludes halogenated alkanes) is 1. The lowest BCUT2D eigenvalue weighted by Crippen LogP contribution is -2.40. The summed E-state index contributed by atoms with van der Waals surface area (Å²) in [5.74, 6) is 0.101. The molecule has 2 rings (SSSR count). The summed E-state index contributed by atoms with van der Waals surface area (Å²) < 4.78 is 0. The van der Waals surface area contributed by atoms with Crippen molar-refractivity contribution in [1.29, 1.82) is 0 Å². The van der Waals surface area contributed by atoms with E-state index in [0.29, 0.717) is 6.04 Å². The van der Waals surface area contributed by atoms with Crippen LogP contribution in [0.5, 0.6) is 0 Å². The number of carbonyl (C=O) groups is 1. The third kappa shape index (κ3) is 4.31. The summed E-state index contributed by atoms with van der Waals surface area (Å²) >= 11 is 1.63. The molecule has 1 saturated heterocycles. The molecule has 0 saturated carbocycles. The van der Waals surface area contributed by atoms with Gasteiger partial charge in [-0.05, 0) is 64.1 Å². The van der Waals surface area contributed by atoms with E-state index in [0.717, 1.165) is 43.8 Å². The monoisotopic (exact) mass is 324 g/mol. The highest BCUT2D eigenvalue weighted by Gasteiger charge is 2.30. The van der Waals surface area contributed by atoms with Crippen molar-refractivity contribution in [3.8, 4) is 0 Å². The number of thiophene rings is 1. The Morgan fingerprint density at radius 3 is 3.00 bits per heavy atom. The van der Waals surface area contributed by atoms with Crippen molar-refractivity contribution in [3.63, 3.8) is 0 Å². The summed E-state index contributed by atoms with van der Waals surface area (Å²) in [6.45, 7) is 7.07. The Labute approximate surface area is 137 Å². The van der Waals surface area contributed by atoms with Crippen molar-refractivity contribution < 1.29 is 9.90 Å². The number of aliphatic hydroxyl groups is 1. The first kappa shape index (κ1) is 17.4. The Morgan fingerprint density at radius 1 is 1.50 bits per heavy atom. The molecular formula is C17H28N2O2S. The van der Waals surface area contributed by atoms with Crippen LogP contribution in [0.4, 0.5) is 0 Å². The molecule has 4 nitrogen and oxygen atoms in total. The van der Waals surface area contributed by atoms with E-state index in [-0.39, 0.29) is 12.5 Å². The molecule has 124 valence electrons. The fraction of sp³-hybridized carbons (Fsp3) is 0.706. The van der Waals surface area contributed by atoms with Gasteiger partial charge in [-0.25, -0.2) is 0 Å². The average molecular weight is 324 g/mol. The zero-order valence-corrected chi connectivity index (χ0v) is 14.5. The van der Waals surface area contributed by atoms with Crippen LogP contribution in [0.15, 0.2) is 17.5 Å². The van der Waals surface area contributed by atoms with E-state index in [2.05, 4.69) is 10.2 Å². The topological polar surface area (TPSA) is 52.6 Å². The second kappa shape index (κ2) is 8.09. The first-order chi connectivity index (χ1) is 10.6. The number of carbonyl (C=O) groups excluding carboxylic acids is 1. The van der Waals surface area contributed by atoms with Crippen LogP contribution in [-0.2, 0) is 10.2 Å². The molecule has 1 aliphatic heterocycles. The number of hydrogen-bond acceptors (Lipinski definition) is 4. The molecule has 0 aromatic carbocycles. The molecule has 22 heavy (non-hydrogen) atoms. The van der Waals surface area contributed by atoms with Gasteiger partial charge in [-0.2, -0.15) is 0 Å². The average Bonchev–Trinajstić information content (AvgIpc) is 3.18. The number of aliphatic hydroxyl groups excluding tert-OH is 1. The lowest BCUT2D eigenvalue weighted by molar-refractivity contribution is -0.125. The maximum atomic E-state index is 12.3. The summed E-state index contributed by atoms with van der Waals surface area (Å²) in [7, 11) is 0. The molecule has 1 aromatic rings. The SMILES string of the molecule is CC(C)(C(=O)NCCCCN1CCCC1CO)c1cccs1. The Bertz CT molecular complexity index is 459. The molecule has 0 aliphatic carbocycles. The third-order valence-corrected chi connectivity index (χ3v) is 5.77. The minimum atomic E-state index is -0.453.